The van der Waals surface area contributed by atoms with Crippen molar-refractivity contribution in [1.29, 1.82) is 0 Å². The Balaban J connectivity index is 2.06. The van der Waals surface area contributed by atoms with Gasteiger partial charge in [0.2, 0.25) is 0 Å². The minimum absolute atomic E-state index is 0.189. The molecule has 0 amide bonds. The van der Waals surface area contributed by atoms with Crippen LogP contribution in [0.1, 0.15) is 12.5 Å². The molecule has 3 aromatic rings. The van der Waals surface area contributed by atoms with Gasteiger partial charge in [-0.25, -0.2) is 9.97 Å². The molecule has 4 nitrogen and oxygen atoms in total. The molecule has 0 unspecified atom stereocenters. The second-order valence-corrected chi connectivity index (χ2v) is 6.28. The summed E-state index contributed by atoms with van der Waals surface area (Å²) >= 11 is 1.65. The maximum absolute atomic E-state index is 5.19. The molecule has 0 fully saturated rings. The summed E-state index contributed by atoms with van der Waals surface area (Å²) in [7, 11) is 1.70. The molecular formula is C17H19N3OS. The van der Waals surface area contributed by atoms with Crippen molar-refractivity contribution < 1.29 is 4.74 Å². The number of thiophene rings is 1. The lowest BCUT2D eigenvalue weighted by atomic mass is 10.0. The highest BCUT2D eigenvalue weighted by Gasteiger charge is 2.14. The Kier molecular flexibility index (Phi) is 4.36. The van der Waals surface area contributed by atoms with Crippen LogP contribution in [0.4, 0.5) is 5.82 Å². The summed E-state index contributed by atoms with van der Waals surface area (Å²) in [5.74, 6) is 0.867. The quantitative estimate of drug-likeness (QED) is 0.770. The van der Waals surface area contributed by atoms with E-state index in [1.807, 2.05) is 0 Å². The zero-order valence-electron chi connectivity index (χ0n) is 13.0. The van der Waals surface area contributed by atoms with E-state index >= 15 is 0 Å². The van der Waals surface area contributed by atoms with Crippen LogP contribution in [0.2, 0.25) is 0 Å². The first-order valence-corrected chi connectivity index (χ1v) is 8.11. The maximum Gasteiger partial charge on any atom is 0.139 e. The van der Waals surface area contributed by atoms with Crippen molar-refractivity contribution in [1.82, 2.24) is 9.97 Å². The summed E-state index contributed by atoms with van der Waals surface area (Å²) in [5, 5.41) is 6.66. The SMILES string of the molecule is COC[C@@H](C)Nc1ncnc2scc(-c3ccc(C)cc3)c12. The van der Waals surface area contributed by atoms with Gasteiger partial charge in [-0.05, 0) is 19.4 Å². The average Bonchev–Trinajstić information content (AvgIpc) is 2.93. The van der Waals surface area contributed by atoms with Gasteiger partial charge in [-0.3, -0.25) is 0 Å². The zero-order valence-corrected chi connectivity index (χ0v) is 13.8. The summed E-state index contributed by atoms with van der Waals surface area (Å²) in [6, 6.07) is 8.74. The number of aromatic nitrogens is 2. The highest BCUT2D eigenvalue weighted by molar-refractivity contribution is 7.17. The van der Waals surface area contributed by atoms with Gasteiger partial charge < -0.3 is 10.1 Å². The zero-order chi connectivity index (χ0) is 15.5. The molecule has 0 aliphatic heterocycles. The van der Waals surface area contributed by atoms with Gasteiger partial charge in [0, 0.05) is 24.1 Å². The van der Waals surface area contributed by atoms with Gasteiger partial charge in [-0.1, -0.05) is 29.8 Å². The van der Waals surface area contributed by atoms with Crippen molar-refractivity contribution in [3.63, 3.8) is 0 Å². The molecule has 3 rings (SSSR count). The summed E-state index contributed by atoms with van der Waals surface area (Å²) < 4.78 is 5.19. The lowest BCUT2D eigenvalue weighted by Crippen LogP contribution is -2.21. The molecule has 0 saturated heterocycles. The van der Waals surface area contributed by atoms with Crippen LogP contribution in [0.15, 0.2) is 36.0 Å². The fourth-order valence-electron chi connectivity index (χ4n) is 2.46. The van der Waals surface area contributed by atoms with Crippen molar-refractivity contribution in [3.05, 3.63) is 41.5 Å². The summed E-state index contributed by atoms with van der Waals surface area (Å²) in [5.41, 5.74) is 3.62. The number of ether oxygens (including phenoxy) is 1. The third kappa shape index (κ3) is 2.96. The Bertz CT molecular complexity index is 767. The Hall–Kier alpha value is -1.98. The molecule has 2 aromatic heterocycles. The van der Waals surface area contributed by atoms with E-state index in [1.54, 1.807) is 24.8 Å². The minimum atomic E-state index is 0.189. The Morgan fingerprint density at radius 2 is 2.00 bits per heavy atom. The van der Waals surface area contributed by atoms with E-state index in [4.69, 9.17) is 4.74 Å². The first-order chi connectivity index (χ1) is 10.7. The molecule has 1 atom stereocenters. The number of rotatable bonds is 5. The van der Waals surface area contributed by atoms with Crippen molar-refractivity contribution in [2.75, 3.05) is 19.0 Å². The molecule has 0 saturated carbocycles. The number of methoxy groups -OCH3 is 1. The van der Waals surface area contributed by atoms with Crippen LogP contribution >= 0.6 is 11.3 Å². The molecule has 2 heterocycles. The number of hydrogen-bond donors (Lipinski definition) is 1. The van der Waals surface area contributed by atoms with Crippen LogP contribution in [-0.4, -0.2) is 29.7 Å². The number of aryl methyl sites for hydroxylation is 1. The predicted molar refractivity (Wildman–Crippen MR) is 92.5 cm³/mol. The van der Waals surface area contributed by atoms with Crippen molar-refractivity contribution in [3.8, 4) is 11.1 Å². The lowest BCUT2D eigenvalue weighted by Gasteiger charge is -2.14. The number of anilines is 1. The van der Waals surface area contributed by atoms with Gasteiger partial charge in [-0.15, -0.1) is 11.3 Å². The fourth-order valence-corrected chi connectivity index (χ4v) is 3.37. The van der Waals surface area contributed by atoms with E-state index in [0.717, 1.165) is 16.0 Å². The molecule has 0 bridgehead atoms. The molecule has 0 spiro atoms. The third-order valence-corrected chi connectivity index (χ3v) is 4.42. The smallest absolute Gasteiger partial charge is 0.139 e. The third-order valence-electron chi connectivity index (χ3n) is 3.53. The molecule has 0 aliphatic carbocycles. The van der Waals surface area contributed by atoms with E-state index in [0.29, 0.717) is 6.61 Å². The van der Waals surface area contributed by atoms with Gasteiger partial charge in [0.1, 0.15) is 17.0 Å². The van der Waals surface area contributed by atoms with E-state index in [1.165, 1.54) is 16.7 Å². The molecule has 0 radical (unpaired) electrons. The monoisotopic (exact) mass is 313 g/mol. The van der Waals surface area contributed by atoms with Gasteiger partial charge in [-0.2, -0.15) is 0 Å². The highest BCUT2D eigenvalue weighted by Crippen LogP contribution is 2.36. The normalized spacial score (nSPS) is 12.5. The van der Waals surface area contributed by atoms with E-state index in [9.17, 15) is 0 Å². The van der Waals surface area contributed by atoms with Crippen molar-refractivity contribution >= 4 is 27.4 Å². The first kappa shape index (κ1) is 14.9. The van der Waals surface area contributed by atoms with E-state index in [2.05, 4.69) is 58.8 Å². The molecular weight excluding hydrogens is 294 g/mol. The van der Waals surface area contributed by atoms with Crippen LogP contribution in [-0.2, 0) is 4.74 Å². The van der Waals surface area contributed by atoms with Gasteiger partial charge in [0.15, 0.2) is 0 Å². The Morgan fingerprint density at radius 1 is 1.23 bits per heavy atom. The van der Waals surface area contributed by atoms with Crippen LogP contribution < -0.4 is 5.32 Å². The van der Waals surface area contributed by atoms with Gasteiger partial charge >= 0.3 is 0 Å². The summed E-state index contributed by atoms with van der Waals surface area (Å²) in [6.07, 6.45) is 1.61. The Morgan fingerprint density at radius 3 is 2.73 bits per heavy atom. The summed E-state index contributed by atoms with van der Waals surface area (Å²) in [6.45, 7) is 4.81. The molecule has 22 heavy (non-hydrogen) atoms. The van der Waals surface area contributed by atoms with E-state index in [-0.39, 0.29) is 6.04 Å². The van der Waals surface area contributed by atoms with Crippen LogP contribution in [0, 0.1) is 6.92 Å². The van der Waals surface area contributed by atoms with Crippen molar-refractivity contribution in [2.24, 2.45) is 0 Å². The maximum atomic E-state index is 5.19. The second kappa shape index (κ2) is 6.42. The van der Waals surface area contributed by atoms with Crippen molar-refractivity contribution in [2.45, 2.75) is 19.9 Å². The van der Waals surface area contributed by atoms with Gasteiger partial charge in [0.25, 0.3) is 0 Å². The lowest BCUT2D eigenvalue weighted by molar-refractivity contribution is 0.190. The molecule has 114 valence electrons. The van der Waals surface area contributed by atoms with E-state index < -0.39 is 0 Å². The number of benzene rings is 1. The molecule has 0 aliphatic rings. The minimum Gasteiger partial charge on any atom is -0.383 e. The Labute approximate surface area is 134 Å². The predicted octanol–water partition coefficient (Wildman–Crippen LogP) is 4.11. The molecule has 5 heteroatoms. The number of nitrogens with one attached hydrogen (secondary N) is 1. The largest absolute Gasteiger partial charge is 0.383 e. The molecule has 1 N–H and O–H groups in total. The number of hydrogen-bond acceptors (Lipinski definition) is 5. The van der Waals surface area contributed by atoms with Crippen LogP contribution in [0.25, 0.3) is 21.3 Å². The topological polar surface area (TPSA) is 47.0 Å². The van der Waals surface area contributed by atoms with Crippen LogP contribution in [0.5, 0.6) is 0 Å². The number of nitrogens with zero attached hydrogens (tertiary/aromatic N) is 2. The first-order valence-electron chi connectivity index (χ1n) is 7.23. The van der Waals surface area contributed by atoms with Gasteiger partial charge in [0.05, 0.1) is 12.0 Å². The molecule has 1 aromatic carbocycles. The highest BCUT2D eigenvalue weighted by atomic mass is 32.1. The fraction of sp³-hybridized carbons (Fsp3) is 0.294. The second-order valence-electron chi connectivity index (χ2n) is 5.42. The summed E-state index contributed by atoms with van der Waals surface area (Å²) in [4.78, 5) is 9.83. The number of fused-ring (bicyclic) bond motifs is 1. The van der Waals surface area contributed by atoms with Crippen LogP contribution in [0.3, 0.4) is 0 Å². The standard InChI is InChI=1S/C17H19N3OS/c1-11-4-6-13(7-5-11)14-9-22-17-15(14)16(18-10-19-17)20-12(2)8-21-3/h4-7,9-10,12H,8H2,1-3H3,(H,18,19,20)/t12-/m1/s1. The average molecular weight is 313 g/mol.